The van der Waals surface area contributed by atoms with Crippen LogP contribution in [0.5, 0.6) is 0 Å². The maximum Gasteiger partial charge on any atom is 0.321 e. The van der Waals surface area contributed by atoms with Crippen LogP contribution >= 0.6 is 0 Å². The van der Waals surface area contributed by atoms with Gasteiger partial charge in [0.1, 0.15) is 0 Å². The summed E-state index contributed by atoms with van der Waals surface area (Å²) < 4.78 is 0. The molecule has 0 saturated heterocycles. The minimum absolute atomic E-state index is 0.0613. The highest BCUT2D eigenvalue weighted by Gasteiger charge is 2.09. The lowest BCUT2D eigenvalue weighted by molar-refractivity contribution is -0.119. The highest BCUT2D eigenvalue weighted by molar-refractivity contribution is 5.95. The molecule has 0 saturated carbocycles. The van der Waals surface area contributed by atoms with E-state index in [9.17, 15) is 9.59 Å². The molecule has 3 amide bonds. The average Bonchev–Trinajstić information content (AvgIpc) is 2.37. The normalized spacial score (nSPS) is 11.7. The molecule has 0 bridgehead atoms. The minimum atomic E-state index is -0.461. The van der Waals surface area contributed by atoms with Crippen LogP contribution in [-0.2, 0) is 4.79 Å². The molecule has 0 heterocycles. The Kier molecular flexibility index (Phi) is 5.87. The molecule has 5 heteroatoms. The van der Waals surface area contributed by atoms with Gasteiger partial charge >= 0.3 is 6.03 Å². The van der Waals surface area contributed by atoms with Crippen molar-refractivity contribution in [2.45, 2.75) is 19.9 Å². The Bertz CT molecular complexity index is 392. The molecule has 0 radical (unpaired) electrons. The summed E-state index contributed by atoms with van der Waals surface area (Å²) in [6.45, 7) is 4.36. The Hall–Kier alpha value is -1.88. The molecule has 1 aromatic carbocycles. The Morgan fingerprint density at radius 1 is 1.22 bits per heavy atom. The van der Waals surface area contributed by atoms with Crippen LogP contribution in [0.4, 0.5) is 4.79 Å². The van der Waals surface area contributed by atoms with Gasteiger partial charge in [-0.1, -0.05) is 30.3 Å². The van der Waals surface area contributed by atoms with Gasteiger partial charge in [-0.05, 0) is 19.4 Å². The van der Waals surface area contributed by atoms with Gasteiger partial charge in [-0.25, -0.2) is 4.79 Å². The van der Waals surface area contributed by atoms with Crippen LogP contribution < -0.4 is 16.0 Å². The summed E-state index contributed by atoms with van der Waals surface area (Å²) in [4.78, 5) is 22.5. The first-order chi connectivity index (χ1) is 8.63. The molecule has 0 aliphatic heterocycles. The van der Waals surface area contributed by atoms with Crippen LogP contribution in [-0.4, -0.2) is 25.0 Å². The zero-order valence-electron chi connectivity index (χ0n) is 10.7. The number of carbonyl (C=O) groups excluding carboxylic acids is 2. The highest BCUT2D eigenvalue weighted by Crippen LogP contribution is 2.10. The molecule has 0 aliphatic rings. The predicted molar refractivity (Wildman–Crippen MR) is 70.1 cm³/mol. The molecule has 0 aliphatic carbocycles. The van der Waals surface area contributed by atoms with Gasteiger partial charge in [-0.15, -0.1) is 0 Å². The van der Waals surface area contributed by atoms with E-state index in [4.69, 9.17) is 0 Å². The van der Waals surface area contributed by atoms with Crippen molar-refractivity contribution in [1.29, 1.82) is 0 Å². The number of carbonyl (C=O) groups is 2. The van der Waals surface area contributed by atoms with Crippen molar-refractivity contribution in [3.05, 3.63) is 35.9 Å². The van der Waals surface area contributed by atoms with Gasteiger partial charge in [-0.3, -0.25) is 10.1 Å². The Labute approximate surface area is 107 Å². The number of nitrogens with one attached hydrogen (secondary N) is 3. The molecule has 0 aromatic heterocycles. The van der Waals surface area contributed by atoms with Crippen LogP contribution in [0, 0.1) is 0 Å². The van der Waals surface area contributed by atoms with Gasteiger partial charge in [0.05, 0.1) is 6.54 Å². The van der Waals surface area contributed by atoms with Crippen molar-refractivity contribution >= 4 is 11.9 Å². The van der Waals surface area contributed by atoms with E-state index in [1.807, 2.05) is 37.3 Å². The first-order valence-electron chi connectivity index (χ1n) is 5.99. The Morgan fingerprint density at radius 2 is 1.89 bits per heavy atom. The summed E-state index contributed by atoms with van der Waals surface area (Å²) >= 11 is 0. The first kappa shape index (κ1) is 14.2. The van der Waals surface area contributed by atoms with Gasteiger partial charge in [0.15, 0.2) is 0 Å². The van der Waals surface area contributed by atoms with Crippen LogP contribution in [0.2, 0.25) is 0 Å². The van der Waals surface area contributed by atoms with Gasteiger partial charge < -0.3 is 10.6 Å². The van der Waals surface area contributed by atoms with E-state index in [2.05, 4.69) is 16.0 Å². The number of amides is 3. The second-order valence-corrected chi connectivity index (χ2v) is 3.92. The van der Waals surface area contributed by atoms with Crippen molar-refractivity contribution in [1.82, 2.24) is 16.0 Å². The van der Waals surface area contributed by atoms with Crippen molar-refractivity contribution in [3.63, 3.8) is 0 Å². The van der Waals surface area contributed by atoms with Gasteiger partial charge in [-0.2, -0.15) is 0 Å². The molecular formula is C13H19N3O2. The lowest BCUT2D eigenvalue weighted by atomic mass is 10.1. The molecule has 1 aromatic rings. The topological polar surface area (TPSA) is 70.2 Å². The second kappa shape index (κ2) is 7.45. The van der Waals surface area contributed by atoms with E-state index >= 15 is 0 Å². The molecule has 3 N–H and O–H groups in total. The fraction of sp³-hybridized carbons (Fsp3) is 0.385. The average molecular weight is 249 g/mol. The third kappa shape index (κ3) is 4.97. The van der Waals surface area contributed by atoms with Crippen LogP contribution in [0.3, 0.4) is 0 Å². The second-order valence-electron chi connectivity index (χ2n) is 3.92. The minimum Gasteiger partial charge on any atom is -0.338 e. The van der Waals surface area contributed by atoms with E-state index < -0.39 is 6.03 Å². The van der Waals surface area contributed by atoms with Crippen molar-refractivity contribution < 1.29 is 9.59 Å². The first-order valence-corrected chi connectivity index (χ1v) is 5.99. The number of hydrogen-bond acceptors (Lipinski definition) is 3. The summed E-state index contributed by atoms with van der Waals surface area (Å²) in [6, 6.07) is 9.41. The third-order valence-corrected chi connectivity index (χ3v) is 2.46. The third-order valence-electron chi connectivity index (χ3n) is 2.46. The SMILES string of the molecule is CCNC(=O)NC(=O)CN[C@@H](C)c1ccccc1. The molecule has 98 valence electrons. The number of benzene rings is 1. The molecule has 1 atom stereocenters. The summed E-state index contributed by atoms with van der Waals surface area (Å²) in [7, 11) is 0. The van der Waals surface area contributed by atoms with Gasteiger partial charge in [0.2, 0.25) is 5.91 Å². The molecule has 5 nitrogen and oxygen atoms in total. The standard InChI is InChI=1S/C13H19N3O2/c1-3-14-13(18)16-12(17)9-15-10(2)11-7-5-4-6-8-11/h4-8,10,15H,3,9H2,1-2H3,(H2,14,16,17,18)/t10-/m0/s1. The van der Waals surface area contributed by atoms with Crippen molar-refractivity contribution in [2.24, 2.45) is 0 Å². The lowest BCUT2D eigenvalue weighted by Gasteiger charge is -2.13. The fourth-order valence-electron chi connectivity index (χ4n) is 1.48. The monoisotopic (exact) mass is 249 g/mol. The maximum absolute atomic E-state index is 11.4. The van der Waals surface area contributed by atoms with Crippen molar-refractivity contribution in [2.75, 3.05) is 13.1 Å². The maximum atomic E-state index is 11.4. The summed E-state index contributed by atoms with van der Waals surface area (Å²) in [5.74, 6) is -0.344. The summed E-state index contributed by atoms with van der Waals surface area (Å²) in [6.07, 6.45) is 0. The molecule has 18 heavy (non-hydrogen) atoms. The van der Waals surface area contributed by atoms with E-state index in [0.717, 1.165) is 5.56 Å². The number of rotatable bonds is 5. The predicted octanol–water partition coefficient (Wildman–Crippen LogP) is 1.18. The molecule has 1 rings (SSSR count). The molecule has 0 spiro atoms. The molecule has 0 unspecified atom stereocenters. The number of imide groups is 1. The van der Waals surface area contributed by atoms with Gasteiger partial charge in [0.25, 0.3) is 0 Å². The largest absolute Gasteiger partial charge is 0.338 e. The summed E-state index contributed by atoms with van der Waals surface area (Å²) in [5.41, 5.74) is 1.10. The van der Waals surface area contributed by atoms with Crippen molar-refractivity contribution in [3.8, 4) is 0 Å². The smallest absolute Gasteiger partial charge is 0.321 e. The highest BCUT2D eigenvalue weighted by atomic mass is 16.2. The Balaban J connectivity index is 2.32. The van der Waals surface area contributed by atoms with Crippen LogP contribution in [0.15, 0.2) is 30.3 Å². The number of urea groups is 1. The van der Waals surface area contributed by atoms with E-state index in [1.54, 1.807) is 6.92 Å². The zero-order valence-corrected chi connectivity index (χ0v) is 10.7. The van der Waals surface area contributed by atoms with Crippen LogP contribution in [0.1, 0.15) is 25.5 Å². The van der Waals surface area contributed by atoms with E-state index in [-0.39, 0.29) is 18.5 Å². The fourth-order valence-corrected chi connectivity index (χ4v) is 1.48. The van der Waals surface area contributed by atoms with Gasteiger partial charge in [0, 0.05) is 12.6 Å². The zero-order chi connectivity index (χ0) is 13.4. The van der Waals surface area contributed by atoms with E-state index in [0.29, 0.717) is 6.54 Å². The van der Waals surface area contributed by atoms with E-state index in [1.165, 1.54) is 0 Å². The summed E-state index contributed by atoms with van der Waals surface area (Å²) in [5, 5.41) is 7.79. The quantitative estimate of drug-likeness (QED) is 0.734. The molecule has 0 fully saturated rings. The molecular weight excluding hydrogens is 230 g/mol. The van der Waals surface area contributed by atoms with Crippen LogP contribution in [0.25, 0.3) is 0 Å². The lowest BCUT2D eigenvalue weighted by Crippen LogP contribution is -2.43. The Morgan fingerprint density at radius 3 is 2.50 bits per heavy atom. The number of hydrogen-bond donors (Lipinski definition) is 3.